The molecule has 3 heteroatoms. The minimum absolute atomic E-state index is 0.147. The van der Waals surface area contributed by atoms with Crippen molar-refractivity contribution in [2.24, 2.45) is 0 Å². The van der Waals surface area contributed by atoms with Crippen LogP contribution in [0, 0.1) is 13.8 Å². The fraction of sp³-hybridized carbons (Fsp3) is 0.500. The second kappa shape index (κ2) is 6.28. The van der Waals surface area contributed by atoms with Crippen LogP contribution in [0.5, 0.6) is 0 Å². The van der Waals surface area contributed by atoms with Gasteiger partial charge in [0.2, 0.25) is 5.91 Å². The van der Waals surface area contributed by atoms with Crippen molar-refractivity contribution in [3.63, 3.8) is 0 Å². The number of anilines is 1. The van der Waals surface area contributed by atoms with E-state index in [1.807, 2.05) is 24.8 Å². The fourth-order valence-corrected chi connectivity index (χ4v) is 1.72. The maximum Gasteiger partial charge on any atom is 0.241 e. The molecule has 94 valence electrons. The molecule has 1 aromatic rings. The topological polar surface area (TPSA) is 32.3 Å². The normalized spacial score (nSPS) is 10.1. The zero-order valence-electron chi connectivity index (χ0n) is 11.2. The molecule has 0 aliphatic rings. The van der Waals surface area contributed by atoms with Gasteiger partial charge in [0.1, 0.15) is 0 Å². The van der Waals surface area contributed by atoms with Crippen LogP contribution in [-0.4, -0.2) is 30.4 Å². The quantitative estimate of drug-likeness (QED) is 0.849. The smallest absolute Gasteiger partial charge is 0.241 e. The molecule has 0 fully saturated rings. The summed E-state index contributed by atoms with van der Waals surface area (Å²) < 4.78 is 0. The van der Waals surface area contributed by atoms with Crippen molar-refractivity contribution >= 4 is 11.6 Å². The lowest BCUT2D eigenvalue weighted by molar-refractivity contribution is -0.128. The number of amides is 1. The molecule has 1 amide bonds. The summed E-state index contributed by atoms with van der Waals surface area (Å²) in [6, 6.07) is 6.16. The Morgan fingerprint density at radius 3 is 2.35 bits per heavy atom. The average molecular weight is 234 g/mol. The Balaban J connectivity index is 2.55. The first-order valence-corrected chi connectivity index (χ1v) is 6.17. The molecule has 0 aromatic heterocycles. The van der Waals surface area contributed by atoms with Gasteiger partial charge >= 0.3 is 0 Å². The van der Waals surface area contributed by atoms with E-state index in [2.05, 4.69) is 31.3 Å². The highest BCUT2D eigenvalue weighted by atomic mass is 16.2. The maximum atomic E-state index is 11.8. The first-order chi connectivity index (χ1) is 8.08. The lowest BCUT2D eigenvalue weighted by Gasteiger charge is -2.19. The van der Waals surface area contributed by atoms with Crippen LogP contribution in [-0.2, 0) is 4.79 Å². The standard InChI is InChI=1S/C14H22N2O/c1-5-16(6-2)14(17)10-15-13-8-7-11(3)12(4)9-13/h7-9,15H,5-6,10H2,1-4H3. The number of aryl methyl sites for hydroxylation is 2. The fourth-order valence-electron chi connectivity index (χ4n) is 1.72. The van der Waals surface area contributed by atoms with Crippen LogP contribution < -0.4 is 5.32 Å². The van der Waals surface area contributed by atoms with Gasteiger partial charge in [0.15, 0.2) is 0 Å². The number of rotatable bonds is 5. The van der Waals surface area contributed by atoms with Crippen LogP contribution in [0.2, 0.25) is 0 Å². The molecule has 0 bridgehead atoms. The molecular weight excluding hydrogens is 212 g/mol. The zero-order valence-corrected chi connectivity index (χ0v) is 11.2. The molecule has 1 N–H and O–H groups in total. The van der Waals surface area contributed by atoms with E-state index >= 15 is 0 Å². The van der Waals surface area contributed by atoms with Crippen LogP contribution in [0.3, 0.4) is 0 Å². The highest BCUT2D eigenvalue weighted by Gasteiger charge is 2.08. The Labute approximate surface area is 104 Å². The molecule has 0 saturated heterocycles. The van der Waals surface area contributed by atoms with E-state index in [-0.39, 0.29) is 5.91 Å². The molecule has 0 atom stereocenters. The molecule has 3 nitrogen and oxygen atoms in total. The van der Waals surface area contributed by atoms with Crippen molar-refractivity contribution in [1.29, 1.82) is 0 Å². The number of carbonyl (C=O) groups is 1. The summed E-state index contributed by atoms with van der Waals surface area (Å²) in [5, 5.41) is 3.17. The van der Waals surface area contributed by atoms with Gasteiger partial charge in [-0.3, -0.25) is 4.79 Å². The monoisotopic (exact) mass is 234 g/mol. The molecule has 1 aromatic carbocycles. The second-order valence-electron chi connectivity index (χ2n) is 4.22. The highest BCUT2D eigenvalue weighted by Crippen LogP contribution is 2.13. The number of nitrogens with zero attached hydrogens (tertiary/aromatic N) is 1. The van der Waals surface area contributed by atoms with Crippen molar-refractivity contribution in [2.75, 3.05) is 25.0 Å². The number of hydrogen-bond donors (Lipinski definition) is 1. The van der Waals surface area contributed by atoms with Crippen LogP contribution in [0.15, 0.2) is 18.2 Å². The van der Waals surface area contributed by atoms with E-state index in [4.69, 9.17) is 0 Å². The first kappa shape index (κ1) is 13.6. The summed E-state index contributed by atoms with van der Waals surface area (Å²) in [6.45, 7) is 10.1. The number of nitrogens with one attached hydrogen (secondary N) is 1. The van der Waals surface area contributed by atoms with Crippen molar-refractivity contribution in [2.45, 2.75) is 27.7 Å². The van der Waals surface area contributed by atoms with Crippen molar-refractivity contribution < 1.29 is 4.79 Å². The highest BCUT2D eigenvalue weighted by molar-refractivity contribution is 5.80. The van der Waals surface area contributed by atoms with Gasteiger partial charge in [0.25, 0.3) is 0 Å². The average Bonchev–Trinajstić information content (AvgIpc) is 2.32. The summed E-state index contributed by atoms with van der Waals surface area (Å²) >= 11 is 0. The van der Waals surface area contributed by atoms with E-state index in [0.717, 1.165) is 18.8 Å². The predicted octanol–water partition coefficient (Wildman–Crippen LogP) is 2.58. The minimum atomic E-state index is 0.147. The molecule has 0 heterocycles. The molecule has 1 rings (SSSR count). The lowest BCUT2D eigenvalue weighted by Crippen LogP contribution is -2.35. The van der Waals surface area contributed by atoms with E-state index in [1.54, 1.807) is 0 Å². The summed E-state index contributed by atoms with van der Waals surface area (Å²) in [5.74, 6) is 0.147. The Hall–Kier alpha value is -1.51. The number of carbonyl (C=O) groups excluding carboxylic acids is 1. The molecule has 0 spiro atoms. The van der Waals surface area contributed by atoms with Gasteiger partial charge < -0.3 is 10.2 Å². The molecule has 0 aliphatic carbocycles. The second-order valence-corrected chi connectivity index (χ2v) is 4.22. The Kier molecular flexibility index (Phi) is 5.01. The molecule has 0 unspecified atom stereocenters. The van der Waals surface area contributed by atoms with Gasteiger partial charge in [-0.25, -0.2) is 0 Å². The number of hydrogen-bond acceptors (Lipinski definition) is 2. The molecule has 0 aliphatic heterocycles. The van der Waals surface area contributed by atoms with Gasteiger partial charge in [-0.05, 0) is 51.0 Å². The molecular formula is C14H22N2O. The largest absolute Gasteiger partial charge is 0.376 e. The van der Waals surface area contributed by atoms with Gasteiger partial charge in [0.05, 0.1) is 6.54 Å². The predicted molar refractivity (Wildman–Crippen MR) is 72.3 cm³/mol. The summed E-state index contributed by atoms with van der Waals surface area (Å²) in [7, 11) is 0. The Bertz CT molecular complexity index is 384. The van der Waals surface area contributed by atoms with Crippen LogP contribution in [0.1, 0.15) is 25.0 Å². The third-order valence-corrected chi connectivity index (χ3v) is 3.07. The zero-order chi connectivity index (χ0) is 12.8. The summed E-state index contributed by atoms with van der Waals surface area (Å²) in [4.78, 5) is 13.6. The van der Waals surface area contributed by atoms with Crippen molar-refractivity contribution in [3.05, 3.63) is 29.3 Å². The van der Waals surface area contributed by atoms with Crippen LogP contribution in [0.25, 0.3) is 0 Å². The van der Waals surface area contributed by atoms with E-state index < -0.39 is 0 Å². The maximum absolute atomic E-state index is 11.8. The lowest BCUT2D eigenvalue weighted by atomic mass is 10.1. The van der Waals surface area contributed by atoms with Crippen LogP contribution >= 0.6 is 0 Å². The van der Waals surface area contributed by atoms with Crippen molar-refractivity contribution in [3.8, 4) is 0 Å². The Morgan fingerprint density at radius 2 is 1.82 bits per heavy atom. The molecule has 0 saturated carbocycles. The van der Waals surface area contributed by atoms with Gasteiger partial charge in [-0.1, -0.05) is 6.07 Å². The number of likely N-dealkylation sites (N-methyl/N-ethyl adjacent to an activating group) is 1. The Morgan fingerprint density at radius 1 is 1.18 bits per heavy atom. The number of benzene rings is 1. The van der Waals surface area contributed by atoms with Crippen molar-refractivity contribution in [1.82, 2.24) is 4.90 Å². The van der Waals surface area contributed by atoms with E-state index in [0.29, 0.717) is 6.54 Å². The van der Waals surface area contributed by atoms with Gasteiger partial charge in [0, 0.05) is 18.8 Å². The molecule has 17 heavy (non-hydrogen) atoms. The summed E-state index contributed by atoms with van der Waals surface area (Å²) in [6.07, 6.45) is 0. The summed E-state index contributed by atoms with van der Waals surface area (Å²) in [5.41, 5.74) is 3.52. The SMILES string of the molecule is CCN(CC)C(=O)CNc1ccc(C)c(C)c1. The van der Waals surface area contributed by atoms with Gasteiger partial charge in [-0.2, -0.15) is 0 Å². The third kappa shape index (κ3) is 3.77. The van der Waals surface area contributed by atoms with E-state index in [9.17, 15) is 4.79 Å². The first-order valence-electron chi connectivity index (χ1n) is 6.17. The molecule has 0 radical (unpaired) electrons. The third-order valence-electron chi connectivity index (χ3n) is 3.07. The van der Waals surface area contributed by atoms with Gasteiger partial charge in [-0.15, -0.1) is 0 Å². The van der Waals surface area contributed by atoms with E-state index in [1.165, 1.54) is 11.1 Å². The van der Waals surface area contributed by atoms with Crippen LogP contribution in [0.4, 0.5) is 5.69 Å². The minimum Gasteiger partial charge on any atom is -0.376 e.